The molecular weight excluding hydrogens is 436 g/mol. The van der Waals surface area contributed by atoms with Crippen LogP contribution in [0, 0.1) is 18.3 Å². The third kappa shape index (κ3) is 6.13. The van der Waals surface area contributed by atoms with Crippen molar-refractivity contribution in [2.75, 3.05) is 39.4 Å². The average molecular weight is 475 g/mol. The minimum atomic E-state index is -0.478. The SMILES string of the molecule is CCC(=O)N1CC[C@@H]2C[C@@H](N3CCOCC3)CC[C@@]2(C(=O)NCc2ccnc(C)c2)C1.O=CO. The monoisotopic (exact) mass is 474 g/mol. The average Bonchev–Trinajstić information content (AvgIpc) is 2.87. The normalized spacial score (nSPS) is 27.1. The predicted octanol–water partition coefficient (Wildman–Crippen LogP) is 1.84. The number of ether oxygens (including phenoxy) is 1. The number of nitrogens with zero attached hydrogens (tertiary/aromatic N) is 3. The number of amides is 2. The first-order valence-corrected chi connectivity index (χ1v) is 12.3. The molecule has 0 aromatic carbocycles. The number of carboxylic acid groups (broad SMARTS) is 1. The number of likely N-dealkylation sites (tertiary alicyclic amines) is 1. The van der Waals surface area contributed by atoms with Crippen LogP contribution in [-0.4, -0.2) is 83.6 Å². The number of rotatable bonds is 5. The van der Waals surface area contributed by atoms with Gasteiger partial charge >= 0.3 is 0 Å². The molecule has 0 radical (unpaired) electrons. The molecule has 3 fully saturated rings. The summed E-state index contributed by atoms with van der Waals surface area (Å²) in [6.07, 6.45) is 6.08. The maximum absolute atomic E-state index is 13.7. The van der Waals surface area contributed by atoms with E-state index in [9.17, 15) is 9.59 Å². The van der Waals surface area contributed by atoms with Gasteiger partial charge in [-0.25, -0.2) is 0 Å². The van der Waals surface area contributed by atoms with Gasteiger partial charge in [0, 0.05) is 57.1 Å². The molecule has 2 saturated heterocycles. The third-order valence-electron chi connectivity index (χ3n) is 7.57. The second-order valence-corrected chi connectivity index (χ2v) is 9.48. The number of carbonyl (C=O) groups excluding carboxylic acids is 2. The summed E-state index contributed by atoms with van der Waals surface area (Å²) < 4.78 is 5.54. The van der Waals surface area contributed by atoms with Crippen molar-refractivity contribution < 1.29 is 24.2 Å². The van der Waals surface area contributed by atoms with E-state index in [-0.39, 0.29) is 18.3 Å². The number of aromatic nitrogens is 1. The zero-order valence-corrected chi connectivity index (χ0v) is 20.4. The fourth-order valence-electron chi connectivity index (χ4n) is 5.79. The van der Waals surface area contributed by atoms with Gasteiger partial charge in [-0.05, 0) is 56.2 Å². The van der Waals surface area contributed by atoms with Crippen LogP contribution >= 0.6 is 0 Å². The molecule has 3 heterocycles. The minimum absolute atomic E-state index is 0.112. The van der Waals surface area contributed by atoms with Crippen LogP contribution in [0.4, 0.5) is 0 Å². The summed E-state index contributed by atoms with van der Waals surface area (Å²) in [5, 5.41) is 10.1. The number of morpholine rings is 1. The Morgan fingerprint density at radius 1 is 1.29 bits per heavy atom. The molecule has 1 saturated carbocycles. The minimum Gasteiger partial charge on any atom is -0.483 e. The molecule has 1 aromatic heterocycles. The topological polar surface area (TPSA) is 112 Å². The Morgan fingerprint density at radius 2 is 2.03 bits per heavy atom. The number of hydrogen-bond acceptors (Lipinski definition) is 6. The molecule has 0 spiro atoms. The van der Waals surface area contributed by atoms with Crippen LogP contribution in [0.5, 0.6) is 0 Å². The summed E-state index contributed by atoms with van der Waals surface area (Å²) in [5.74, 6) is 0.584. The highest BCUT2D eigenvalue weighted by molar-refractivity contribution is 5.85. The fourth-order valence-corrected chi connectivity index (χ4v) is 5.79. The molecule has 1 aliphatic carbocycles. The van der Waals surface area contributed by atoms with E-state index >= 15 is 0 Å². The Hall–Kier alpha value is -2.52. The Labute approximate surface area is 201 Å². The van der Waals surface area contributed by atoms with E-state index in [2.05, 4.69) is 15.2 Å². The molecule has 4 rings (SSSR count). The van der Waals surface area contributed by atoms with Gasteiger partial charge in [0.15, 0.2) is 0 Å². The Morgan fingerprint density at radius 3 is 2.71 bits per heavy atom. The number of fused-ring (bicyclic) bond motifs is 1. The van der Waals surface area contributed by atoms with Crippen molar-refractivity contribution in [2.24, 2.45) is 11.3 Å². The molecule has 2 amide bonds. The van der Waals surface area contributed by atoms with Crippen molar-refractivity contribution in [1.82, 2.24) is 20.1 Å². The van der Waals surface area contributed by atoms with Crippen molar-refractivity contribution in [3.05, 3.63) is 29.6 Å². The fraction of sp³-hybridized carbons (Fsp3) is 0.680. The van der Waals surface area contributed by atoms with Crippen LogP contribution in [-0.2, 0) is 25.7 Å². The molecule has 9 nitrogen and oxygen atoms in total. The second kappa shape index (κ2) is 12.3. The number of pyridine rings is 1. The summed E-state index contributed by atoms with van der Waals surface area (Å²) in [6.45, 7) is 9.02. The van der Waals surface area contributed by atoms with Crippen LogP contribution in [0.15, 0.2) is 18.3 Å². The summed E-state index contributed by atoms with van der Waals surface area (Å²) in [7, 11) is 0. The van der Waals surface area contributed by atoms with Crippen LogP contribution in [0.1, 0.15) is 50.3 Å². The molecule has 0 unspecified atom stereocenters. The molecule has 2 N–H and O–H groups in total. The van der Waals surface area contributed by atoms with Crippen LogP contribution in [0.25, 0.3) is 0 Å². The molecule has 2 aliphatic heterocycles. The van der Waals surface area contributed by atoms with Crippen LogP contribution in [0.2, 0.25) is 0 Å². The van der Waals surface area contributed by atoms with E-state index in [1.165, 1.54) is 0 Å². The zero-order valence-electron chi connectivity index (χ0n) is 20.4. The smallest absolute Gasteiger partial charge is 0.290 e. The lowest BCUT2D eigenvalue weighted by Gasteiger charge is -2.53. The summed E-state index contributed by atoms with van der Waals surface area (Å²) >= 11 is 0. The number of nitrogens with one attached hydrogen (secondary N) is 1. The lowest BCUT2D eigenvalue weighted by Crippen LogP contribution is -2.61. The van der Waals surface area contributed by atoms with E-state index in [4.69, 9.17) is 14.6 Å². The highest BCUT2D eigenvalue weighted by atomic mass is 16.5. The van der Waals surface area contributed by atoms with Gasteiger partial charge in [-0.1, -0.05) is 6.92 Å². The molecule has 188 valence electrons. The molecule has 34 heavy (non-hydrogen) atoms. The van der Waals surface area contributed by atoms with Crippen molar-refractivity contribution in [3.8, 4) is 0 Å². The van der Waals surface area contributed by atoms with Crippen molar-refractivity contribution in [1.29, 1.82) is 0 Å². The number of carbonyl (C=O) groups is 3. The van der Waals surface area contributed by atoms with Gasteiger partial charge in [-0.15, -0.1) is 0 Å². The Kier molecular flexibility index (Phi) is 9.41. The first kappa shape index (κ1) is 26.1. The molecule has 3 atom stereocenters. The predicted molar refractivity (Wildman–Crippen MR) is 127 cm³/mol. The molecule has 9 heteroatoms. The maximum Gasteiger partial charge on any atom is 0.290 e. The van der Waals surface area contributed by atoms with Gasteiger partial charge < -0.3 is 20.1 Å². The molecular formula is C25H38N4O5. The van der Waals surface area contributed by atoms with Gasteiger partial charge in [0.2, 0.25) is 11.8 Å². The van der Waals surface area contributed by atoms with Crippen molar-refractivity contribution in [2.45, 2.75) is 58.5 Å². The van der Waals surface area contributed by atoms with Crippen molar-refractivity contribution in [3.63, 3.8) is 0 Å². The van der Waals surface area contributed by atoms with Gasteiger partial charge in [-0.3, -0.25) is 24.3 Å². The maximum atomic E-state index is 13.7. The van der Waals surface area contributed by atoms with Crippen molar-refractivity contribution >= 4 is 18.3 Å². The Bertz CT molecular complexity index is 844. The van der Waals surface area contributed by atoms with E-state index < -0.39 is 5.41 Å². The molecule has 1 aromatic rings. The number of hydrogen-bond donors (Lipinski definition) is 2. The summed E-state index contributed by atoms with van der Waals surface area (Å²) in [6, 6.07) is 4.48. The lowest BCUT2D eigenvalue weighted by molar-refractivity contribution is -0.151. The molecule has 0 bridgehead atoms. The van der Waals surface area contributed by atoms with Gasteiger partial charge in [0.05, 0.1) is 18.6 Å². The first-order chi connectivity index (χ1) is 16.4. The Balaban J connectivity index is 0.00000103. The lowest BCUT2D eigenvalue weighted by atomic mass is 9.60. The largest absolute Gasteiger partial charge is 0.483 e. The van der Waals surface area contributed by atoms with Gasteiger partial charge in [0.25, 0.3) is 6.47 Å². The van der Waals surface area contributed by atoms with Crippen LogP contribution in [0.3, 0.4) is 0 Å². The van der Waals surface area contributed by atoms with E-state index in [1.807, 2.05) is 30.9 Å². The van der Waals surface area contributed by atoms with Gasteiger partial charge in [-0.2, -0.15) is 0 Å². The summed E-state index contributed by atoms with van der Waals surface area (Å²) in [5.41, 5.74) is 1.54. The zero-order chi connectivity index (χ0) is 24.6. The first-order valence-electron chi connectivity index (χ1n) is 12.3. The van der Waals surface area contributed by atoms with E-state index in [1.54, 1.807) is 6.20 Å². The van der Waals surface area contributed by atoms with E-state index in [0.717, 1.165) is 69.8 Å². The second-order valence-electron chi connectivity index (χ2n) is 9.48. The number of aryl methyl sites for hydroxylation is 1. The van der Waals surface area contributed by atoms with E-state index in [0.29, 0.717) is 31.5 Å². The standard InChI is InChI=1S/C24H36N4O3.CH2O2/c1-3-22(29)28-9-6-20-15-21(27-10-12-31-13-11-27)4-7-24(20,17-28)23(30)26-16-19-5-8-25-18(2)14-19;2-1-3/h5,8,14,20-21H,3-4,6-7,9-13,15-17H2,1-2H3,(H,26,30);1H,(H,2,3)/t20-,21+,24-;/m1./s1. The molecule has 3 aliphatic rings. The quantitative estimate of drug-likeness (QED) is 0.626. The highest BCUT2D eigenvalue weighted by Crippen LogP contribution is 2.48. The third-order valence-corrected chi connectivity index (χ3v) is 7.57. The van der Waals surface area contributed by atoms with Gasteiger partial charge in [0.1, 0.15) is 0 Å². The van der Waals surface area contributed by atoms with Crippen LogP contribution < -0.4 is 5.32 Å². The highest BCUT2D eigenvalue weighted by Gasteiger charge is 2.53. The number of piperidine rings is 1. The summed E-state index contributed by atoms with van der Waals surface area (Å²) in [4.78, 5) is 43.2.